The highest BCUT2D eigenvalue weighted by Crippen LogP contribution is 2.31. The summed E-state index contributed by atoms with van der Waals surface area (Å²) in [6, 6.07) is 5.28. The van der Waals surface area contributed by atoms with Crippen LogP contribution in [0.15, 0.2) is 18.2 Å². The topological polar surface area (TPSA) is 109 Å². The standard InChI is InChI=1S/C20H28N4O5/c1-5-11-28-17-8-7-16(13-18(17)29-12-6-2)21-19(25)9-10-23-15(4)20(24(26)27)14(3)22-23/h7-8,13H,5-6,9-12H2,1-4H3,(H,21,25). The molecule has 1 aromatic heterocycles. The molecule has 0 bridgehead atoms. The predicted molar refractivity (Wildman–Crippen MR) is 110 cm³/mol. The fourth-order valence-electron chi connectivity index (χ4n) is 2.84. The van der Waals surface area contributed by atoms with Gasteiger partial charge in [0.05, 0.1) is 24.7 Å². The number of ether oxygens (including phenoxy) is 2. The van der Waals surface area contributed by atoms with Crippen LogP contribution in [0.5, 0.6) is 11.5 Å². The fraction of sp³-hybridized carbons (Fsp3) is 0.500. The minimum Gasteiger partial charge on any atom is -0.490 e. The molecule has 0 aliphatic rings. The Morgan fingerprint density at radius 2 is 1.83 bits per heavy atom. The largest absolute Gasteiger partial charge is 0.490 e. The number of hydrogen-bond donors (Lipinski definition) is 1. The lowest BCUT2D eigenvalue weighted by atomic mass is 10.2. The third-order valence-corrected chi connectivity index (χ3v) is 4.23. The van der Waals surface area contributed by atoms with Crippen molar-refractivity contribution in [3.63, 3.8) is 0 Å². The molecule has 0 radical (unpaired) electrons. The highest BCUT2D eigenvalue weighted by Gasteiger charge is 2.21. The zero-order valence-corrected chi connectivity index (χ0v) is 17.4. The average Bonchev–Trinajstić information content (AvgIpc) is 2.97. The van der Waals surface area contributed by atoms with E-state index in [9.17, 15) is 14.9 Å². The van der Waals surface area contributed by atoms with E-state index < -0.39 is 4.92 Å². The summed E-state index contributed by atoms with van der Waals surface area (Å²) in [7, 11) is 0. The number of nitro groups is 1. The minimum absolute atomic E-state index is 0.00853. The quantitative estimate of drug-likeness (QED) is 0.448. The van der Waals surface area contributed by atoms with Crippen molar-refractivity contribution in [1.82, 2.24) is 9.78 Å². The van der Waals surface area contributed by atoms with Gasteiger partial charge in [-0.05, 0) is 38.8 Å². The number of rotatable bonds is 11. The highest BCUT2D eigenvalue weighted by atomic mass is 16.6. The zero-order valence-electron chi connectivity index (χ0n) is 17.4. The molecule has 29 heavy (non-hydrogen) atoms. The van der Waals surface area contributed by atoms with Crippen molar-refractivity contribution < 1.29 is 19.2 Å². The Morgan fingerprint density at radius 3 is 2.41 bits per heavy atom. The number of carbonyl (C=O) groups is 1. The molecule has 1 N–H and O–H groups in total. The van der Waals surface area contributed by atoms with Gasteiger partial charge in [0, 0.05) is 18.2 Å². The molecule has 0 saturated carbocycles. The molecule has 0 fully saturated rings. The van der Waals surface area contributed by atoms with Crippen LogP contribution < -0.4 is 14.8 Å². The Morgan fingerprint density at radius 1 is 1.17 bits per heavy atom. The zero-order chi connectivity index (χ0) is 21.4. The number of aromatic nitrogens is 2. The molecular formula is C20H28N4O5. The number of aryl methyl sites for hydroxylation is 2. The van der Waals surface area contributed by atoms with Crippen LogP contribution in [0.25, 0.3) is 0 Å². The van der Waals surface area contributed by atoms with Crippen LogP contribution in [0, 0.1) is 24.0 Å². The minimum atomic E-state index is -0.450. The van der Waals surface area contributed by atoms with Crippen molar-refractivity contribution in [3.05, 3.63) is 39.7 Å². The summed E-state index contributed by atoms with van der Waals surface area (Å²) in [6.07, 6.45) is 1.88. The van der Waals surface area contributed by atoms with Crippen LogP contribution in [0.3, 0.4) is 0 Å². The molecule has 9 nitrogen and oxygen atoms in total. The van der Waals surface area contributed by atoms with Crippen LogP contribution in [0.2, 0.25) is 0 Å². The molecule has 0 spiro atoms. The first-order chi connectivity index (χ1) is 13.9. The molecule has 0 atom stereocenters. The predicted octanol–water partition coefficient (Wildman–Crippen LogP) is 4.01. The van der Waals surface area contributed by atoms with Crippen molar-refractivity contribution in [2.24, 2.45) is 0 Å². The van der Waals surface area contributed by atoms with Gasteiger partial charge in [0.15, 0.2) is 11.5 Å². The maximum absolute atomic E-state index is 12.3. The maximum Gasteiger partial charge on any atom is 0.312 e. The second kappa shape index (κ2) is 10.4. The number of benzene rings is 1. The molecule has 1 amide bonds. The fourth-order valence-corrected chi connectivity index (χ4v) is 2.84. The summed E-state index contributed by atoms with van der Waals surface area (Å²) in [5, 5.41) is 18.1. The van der Waals surface area contributed by atoms with Crippen LogP contribution >= 0.6 is 0 Å². The molecule has 0 aliphatic carbocycles. The number of hydrogen-bond acceptors (Lipinski definition) is 6. The molecule has 0 saturated heterocycles. The summed E-state index contributed by atoms with van der Waals surface area (Å²) < 4.78 is 12.9. The summed E-state index contributed by atoms with van der Waals surface area (Å²) in [5.74, 6) is 1.02. The molecule has 2 rings (SSSR count). The lowest BCUT2D eigenvalue weighted by Gasteiger charge is -2.14. The van der Waals surface area contributed by atoms with E-state index in [0.717, 1.165) is 12.8 Å². The van der Waals surface area contributed by atoms with Crippen molar-refractivity contribution in [2.45, 2.75) is 53.5 Å². The number of nitrogens with zero attached hydrogens (tertiary/aromatic N) is 3. The van der Waals surface area contributed by atoms with Gasteiger partial charge in [0.1, 0.15) is 11.4 Å². The monoisotopic (exact) mass is 404 g/mol. The van der Waals surface area contributed by atoms with Gasteiger partial charge in [-0.3, -0.25) is 19.6 Å². The van der Waals surface area contributed by atoms with Gasteiger partial charge in [0.2, 0.25) is 5.91 Å². The first kappa shape index (κ1) is 22.2. The third-order valence-electron chi connectivity index (χ3n) is 4.23. The van der Waals surface area contributed by atoms with Gasteiger partial charge in [-0.15, -0.1) is 0 Å². The van der Waals surface area contributed by atoms with Crippen LogP contribution in [0.1, 0.15) is 44.5 Å². The van der Waals surface area contributed by atoms with Crippen molar-refractivity contribution >= 4 is 17.3 Å². The Hall–Kier alpha value is -3.10. The number of carbonyl (C=O) groups excluding carboxylic acids is 1. The van der Waals surface area contributed by atoms with E-state index in [-0.39, 0.29) is 24.6 Å². The van der Waals surface area contributed by atoms with E-state index in [1.165, 1.54) is 4.68 Å². The number of amides is 1. The van der Waals surface area contributed by atoms with Crippen LogP contribution in [0.4, 0.5) is 11.4 Å². The van der Waals surface area contributed by atoms with E-state index in [1.54, 1.807) is 32.0 Å². The third kappa shape index (κ3) is 5.94. The number of anilines is 1. The second-order valence-electron chi connectivity index (χ2n) is 6.66. The molecule has 0 aliphatic heterocycles. The van der Waals surface area contributed by atoms with E-state index in [2.05, 4.69) is 10.4 Å². The summed E-state index contributed by atoms with van der Waals surface area (Å²) in [4.78, 5) is 23.0. The molecule has 2 aromatic rings. The van der Waals surface area contributed by atoms with Gasteiger partial charge >= 0.3 is 5.69 Å². The Kier molecular flexibility index (Phi) is 7.99. The van der Waals surface area contributed by atoms with Crippen molar-refractivity contribution in [2.75, 3.05) is 18.5 Å². The summed E-state index contributed by atoms with van der Waals surface area (Å²) in [6.45, 7) is 8.65. The van der Waals surface area contributed by atoms with Gasteiger partial charge in [-0.2, -0.15) is 5.10 Å². The van der Waals surface area contributed by atoms with E-state index >= 15 is 0 Å². The van der Waals surface area contributed by atoms with E-state index in [0.29, 0.717) is 41.8 Å². The second-order valence-corrected chi connectivity index (χ2v) is 6.66. The summed E-state index contributed by atoms with van der Waals surface area (Å²) >= 11 is 0. The highest BCUT2D eigenvalue weighted by molar-refractivity contribution is 5.91. The normalized spacial score (nSPS) is 10.6. The van der Waals surface area contributed by atoms with Crippen LogP contribution in [-0.2, 0) is 11.3 Å². The smallest absolute Gasteiger partial charge is 0.312 e. The first-order valence-electron chi connectivity index (χ1n) is 9.75. The molecular weight excluding hydrogens is 376 g/mol. The lowest BCUT2D eigenvalue weighted by molar-refractivity contribution is -0.386. The SMILES string of the molecule is CCCOc1ccc(NC(=O)CCn2nc(C)c([N+](=O)[O-])c2C)cc1OCCC. The van der Waals surface area contributed by atoms with Gasteiger partial charge in [-0.25, -0.2) is 0 Å². The molecule has 158 valence electrons. The first-order valence-corrected chi connectivity index (χ1v) is 9.75. The maximum atomic E-state index is 12.3. The van der Waals surface area contributed by atoms with Gasteiger partial charge in [0.25, 0.3) is 0 Å². The van der Waals surface area contributed by atoms with E-state index in [1.807, 2.05) is 13.8 Å². The van der Waals surface area contributed by atoms with Crippen molar-refractivity contribution in [1.29, 1.82) is 0 Å². The Balaban J connectivity index is 2.03. The summed E-state index contributed by atoms with van der Waals surface area (Å²) in [5.41, 5.74) is 1.37. The average molecular weight is 404 g/mol. The molecule has 1 aromatic carbocycles. The molecule has 9 heteroatoms. The van der Waals surface area contributed by atoms with E-state index in [4.69, 9.17) is 9.47 Å². The van der Waals surface area contributed by atoms with Crippen LogP contribution in [-0.4, -0.2) is 33.8 Å². The number of nitrogens with one attached hydrogen (secondary N) is 1. The Labute approximate surface area is 170 Å². The molecule has 0 unspecified atom stereocenters. The van der Waals surface area contributed by atoms with Gasteiger partial charge in [-0.1, -0.05) is 13.8 Å². The lowest BCUT2D eigenvalue weighted by Crippen LogP contribution is -2.16. The Bertz CT molecular complexity index is 863. The van der Waals surface area contributed by atoms with Crippen molar-refractivity contribution in [3.8, 4) is 11.5 Å². The molecule has 1 heterocycles. The van der Waals surface area contributed by atoms with Gasteiger partial charge < -0.3 is 14.8 Å².